The van der Waals surface area contributed by atoms with E-state index in [1.807, 2.05) is 0 Å². The molecule has 1 aliphatic rings. The number of amides is 1. The molecule has 164 valence electrons. The zero-order valence-corrected chi connectivity index (χ0v) is 17.2. The molecule has 0 unspecified atom stereocenters. The number of hydrogen-bond acceptors (Lipinski definition) is 8. The number of nitrogens with zero attached hydrogens (tertiary/aromatic N) is 3. The highest BCUT2D eigenvalue weighted by Gasteiger charge is 2.37. The highest BCUT2D eigenvalue weighted by atomic mass is 32.1. The van der Waals surface area contributed by atoms with Crippen LogP contribution in [0.3, 0.4) is 0 Å². The van der Waals surface area contributed by atoms with Crippen molar-refractivity contribution >= 4 is 39.9 Å². The Morgan fingerprint density at radius 1 is 1.40 bits per heavy atom. The Morgan fingerprint density at radius 3 is 2.70 bits per heavy atom. The van der Waals surface area contributed by atoms with Gasteiger partial charge in [-0.25, -0.2) is 14.8 Å². The fourth-order valence-corrected chi connectivity index (χ4v) is 4.15. The maximum atomic E-state index is 13.5. The van der Waals surface area contributed by atoms with Gasteiger partial charge in [-0.2, -0.15) is 13.2 Å². The van der Waals surface area contributed by atoms with Crippen molar-refractivity contribution in [3.05, 3.63) is 16.6 Å². The van der Waals surface area contributed by atoms with E-state index in [9.17, 15) is 22.8 Å². The Balaban J connectivity index is 1.71. The van der Waals surface area contributed by atoms with E-state index in [0.717, 1.165) is 11.3 Å². The molecule has 12 heteroatoms. The highest BCUT2D eigenvalue weighted by molar-refractivity contribution is 7.17. The van der Waals surface area contributed by atoms with Crippen LogP contribution in [0.2, 0.25) is 0 Å². The minimum Gasteiger partial charge on any atom is -0.446 e. The van der Waals surface area contributed by atoms with Gasteiger partial charge in [-0.1, -0.05) is 0 Å². The van der Waals surface area contributed by atoms with E-state index in [1.54, 1.807) is 11.8 Å². The molecular formula is C18H21F3N4O4S. The highest BCUT2D eigenvalue weighted by Crippen LogP contribution is 2.38. The zero-order chi connectivity index (χ0) is 21.9. The fraction of sp³-hybridized carbons (Fsp3) is 0.556. The van der Waals surface area contributed by atoms with Crippen molar-refractivity contribution in [3.8, 4) is 0 Å². The van der Waals surface area contributed by atoms with Gasteiger partial charge in [0, 0.05) is 38.4 Å². The average Bonchev–Trinajstić information content (AvgIpc) is 3.10. The molecule has 3 heterocycles. The number of alkyl halides is 3. The van der Waals surface area contributed by atoms with E-state index in [0.29, 0.717) is 38.8 Å². The summed E-state index contributed by atoms with van der Waals surface area (Å²) < 4.78 is 50.6. The number of anilines is 1. The van der Waals surface area contributed by atoms with Crippen molar-refractivity contribution in [2.24, 2.45) is 0 Å². The normalized spacial score (nSPS) is 16.5. The van der Waals surface area contributed by atoms with E-state index in [4.69, 9.17) is 9.47 Å². The quantitative estimate of drug-likeness (QED) is 0.681. The summed E-state index contributed by atoms with van der Waals surface area (Å²) in [7, 11) is 1.52. The molecule has 1 fully saturated rings. The van der Waals surface area contributed by atoms with Crippen LogP contribution in [0.5, 0.6) is 0 Å². The van der Waals surface area contributed by atoms with Gasteiger partial charge >= 0.3 is 12.3 Å². The summed E-state index contributed by atoms with van der Waals surface area (Å²) in [6.07, 6.45) is -4.28. The largest absolute Gasteiger partial charge is 0.446 e. The smallest absolute Gasteiger partial charge is 0.434 e. The van der Waals surface area contributed by atoms with Crippen molar-refractivity contribution in [2.45, 2.75) is 38.1 Å². The van der Waals surface area contributed by atoms with E-state index in [-0.39, 0.29) is 33.9 Å². The van der Waals surface area contributed by atoms with Crippen molar-refractivity contribution < 1.29 is 32.2 Å². The van der Waals surface area contributed by atoms with E-state index in [1.165, 1.54) is 12.5 Å². The first kappa shape index (κ1) is 22.2. The van der Waals surface area contributed by atoms with Crippen LogP contribution < -0.4 is 10.2 Å². The van der Waals surface area contributed by atoms with Crippen molar-refractivity contribution in [2.75, 3.05) is 31.7 Å². The molecule has 30 heavy (non-hydrogen) atoms. The number of fused-ring (bicyclic) bond motifs is 1. The summed E-state index contributed by atoms with van der Waals surface area (Å²) in [5.41, 5.74) is -0.952. The summed E-state index contributed by atoms with van der Waals surface area (Å²) in [4.78, 5) is 32.6. The van der Waals surface area contributed by atoms with Gasteiger partial charge in [0.25, 0.3) is 0 Å². The average molecular weight is 446 g/mol. The maximum Gasteiger partial charge on any atom is 0.434 e. The lowest BCUT2D eigenvalue weighted by atomic mass is 10.1. The molecule has 2 aromatic rings. The van der Waals surface area contributed by atoms with Gasteiger partial charge in [0.05, 0.1) is 28.4 Å². The van der Waals surface area contributed by atoms with Crippen LogP contribution in [0, 0.1) is 0 Å². The summed E-state index contributed by atoms with van der Waals surface area (Å²) in [5, 5.41) is 3.99. The number of methoxy groups -OCH3 is 1. The number of halogens is 3. The lowest BCUT2D eigenvalue weighted by Gasteiger charge is -2.32. The standard InChI is InChI=1S/C18H21F3N4O4S/c1-10(8-28-2)22-17(27)29-12-3-5-25(6-4-12)16-23-13-11(7-26)9-30-14(13)15(24-16)18(19,20)21/h7,9-10,12H,3-6,8H2,1-2H3,(H,22,27)/t10-/m0/s1. The molecule has 0 aromatic carbocycles. The second kappa shape index (κ2) is 9.13. The van der Waals surface area contributed by atoms with Crippen molar-refractivity contribution in [1.82, 2.24) is 15.3 Å². The number of nitrogens with one attached hydrogen (secondary N) is 1. The van der Waals surface area contributed by atoms with Gasteiger partial charge in [-0.05, 0) is 6.92 Å². The molecule has 3 rings (SSSR count). The van der Waals surface area contributed by atoms with Crippen LogP contribution in [-0.4, -0.2) is 61.3 Å². The molecular weight excluding hydrogens is 425 g/mol. The molecule has 0 saturated carbocycles. The molecule has 0 bridgehead atoms. The third kappa shape index (κ3) is 4.98. The number of aldehydes is 1. The van der Waals surface area contributed by atoms with Gasteiger partial charge in [0.15, 0.2) is 12.0 Å². The monoisotopic (exact) mass is 446 g/mol. The molecule has 1 saturated heterocycles. The number of piperidine rings is 1. The number of thiophene rings is 1. The van der Waals surface area contributed by atoms with Gasteiger partial charge in [-0.15, -0.1) is 11.3 Å². The molecule has 0 spiro atoms. The predicted molar refractivity (Wildman–Crippen MR) is 104 cm³/mol. The molecule has 1 aliphatic heterocycles. The van der Waals surface area contributed by atoms with E-state index < -0.39 is 18.0 Å². The minimum absolute atomic E-state index is 0.00259. The van der Waals surface area contributed by atoms with Gasteiger partial charge in [-0.3, -0.25) is 4.79 Å². The van der Waals surface area contributed by atoms with Crippen LogP contribution in [0.25, 0.3) is 10.2 Å². The van der Waals surface area contributed by atoms with Crippen LogP contribution in [0.15, 0.2) is 5.38 Å². The number of carbonyl (C=O) groups excluding carboxylic acids is 2. The molecule has 2 aromatic heterocycles. The Labute approximate surface area is 174 Å². The number of carbonyl (C=O) groups is 2. The zero-order valence-electron chi connectivity index (χ0n) is 16.4. The van der Waals surface area contributed by atoms with Gasteiger partial charge in [0.1, 0.15) is 6.10 Å². The first-order chi connectivity index (χ1) is 14.2. The predicted octanol–water partition coefficient (Wildman–Crippen LogP) is 3.25. The Kier molecular flexibility index (Phi) is 6.76. The first-order valence-corrected chi connectivity index (χ1v) is 10.1. The SMILES string of the molecule is COC[C@H](C)NC(=O)OC1CCN(c2nc(C(F)(F)F)c3scc(C=O)c3n2)CC1. The van der Waals surface area contributed by atoms with Gasteiger partial charge in [0.2, 0.25) is 5.95 Å². The summed E-state index contributed by atoms with van der Waals surface area (Å²) in [6.45, 7) is 2.75. The molecule has 8 nitrogen and oxygen atoms in total. The number of ether oxygens (including phenoxy) is 2. The molecule has 1 N–H and O–H groups in total. The summed E-state index contributed by atoms with van der Waals surface area (Å²) in [5.74, 6) is -0.0899. The Morgan fingerprint density at radius 2 is 2.10 bits per heavy atom. The first-order valence-electron chi connectivity index (χ1n) is 9.25. The molecule has 0 radical (unpaired) electrons. The summed E-state index contributed by atoms with van der Waals surface area (Å²) >= 11 is 0.795. The number of hydrogen-bond donors (Lipinski definition) is 1. The third-order valence-corrected chi connectivity index (χ3v) is 5.60. The third-order valence-electron chi connectivity index (χ3n) is 4.61. The van der Waals surface area contributed by atoms with Crippen molar-refractivity contribution in [1.29, 1.82) is 0 Å². The van der Waals surface area contributed by atoms with Crippen LogP contribution in [-0.2, 0) is 15.7 Å². The van der Waals surface area contributed by atoms with Crippen molar-refractivity contribution in [3.63, 3.8) is 0 Å². The number of alkyl carbamates (subject to hydrolysis) is 1. The van der Waals surface area contributed by atoms with Crippen LogP contribution in [0.1, 0.15) is 35.8 Å². The molecule has 1 atom stereocenters. The number of rotatable bonds is 6. The van der Waals surface area contributed by atoms with Gasteiger partial charge < -0.3 is 19.7 Å². The summed E-state index contributed by atoms with van der Waals surface area (Å²) in [6, 6.07) is -0.207. The number of aromatic nitrogens is 2. The van der Waals surface area contributed by atoms with E-state index in [2.05, 4.69) is 15.3 Å². The molecule has 0 aliphatic carbocycles. The van der Waals surface area contributed by atoms with E-state index >= 15 is 0 Å². The second-order valence-corrected chi connectivity index (χ2v) is 7.83. The lowest BCUT2D eigenvalue weighted by Crippen LogP contribution is -2.42. The van der Waals surface area contributed by atoms with Crippen LogP contribution >= 0.6 is 11.3 Å². The molecule has 1 amide bonds. The Hall–Kier alpha value is -2.47. The Bertz CT molecular complexity index is 913. The topological polar surface area (TPSA) is 93.7 Å². The maximum absolute atomic E-state index is 13.5. The second-order valence-electron chi connectivity index (χ2n) is 6.95. The van der Waals surface area contributed by atoms with Crippen LogP contribution in [0.4, 0.5) is 23.9 Å². The lowest BCUT2D eigenvalue weighted by molar-refractivity contribution is -0.139. The minimum atomic E-state index is -4.67. The fourth-order valence-electron chi connectivity index (χ4n) is 3.19.